The fraction of sp³-hybridized carbons (Fsp3) is 0.650. The molecule has 0 bridgehead atoms. The highest BCUT2D eigenvalue weighted by Crippen LogP contribution is 2.42. The van der Waals surface area contributed by atoms with E-state index in [0.717, 1.165) is 44.8 Å². The Balaban J connectivity index is 1.42. The molecule has 2 saturated heterocycles. The third kappa shape index (κ3) is 4.53. The van der Waals surface area contributed by atoms with Gasteiger partial charge in [-0.15, -0.1) is 0 Å². The van der Waals surface area contributed by atoms with Crippen LogP contribution in [0.2, 0.25) is 0 Å². The number of likely N-dealkylation sites (N-methyl/N-ethyl adjacent to an activating group) is 1. The summed E-state index contributed by atoms with van der Waals surface area (Å²) in [4.78, 5) is 16.9. The number of hydrogen-bond acceptors (Lipinski definition) is 4. The number of likely N-dealkylation sites (tertiary alicyclic amines) is 2. The van der Waals surface area contributed by atoms with E-state index in [-0.39, 0.29) is 5.91 Å². The maximum absolute atomic E-state index is 12.4. The Hall–Kier alpha value is -1.59. The second kappa shape index (κ2) is 8.19. The SMILES string of the molecule is COC[C@@H]1CC2(CCN(C(=O)CCOc3ccccc3)CC2)CN1C. The molecule has 0 N–H and O–H groups in total. The molecule has 5 heteroatoms. The van der Waals surface area contributed by atoms with Crippen molar-refractivity contribution in [2.75, 3.05) is 47.0 Å². The molecule has 5 nitrogen and oxygen atoms in total. The van der Waals surface area contributed by atoms with Gasteiger partial charge >= 0.3 is 0 Å². The van der Waals surface area contributed by atoms with Crippen molar-refractivity contribution in [3.05, 3.63) is 30.3 Å². The molecular weight excluding hydrogens is 316 g/mol. The van der Waals surface area contributed by atoms with Gasteiger partial charge in [0.2, 0.25) is 5.91 Å². The van der Waals surface area contributed by atoms with Gasteiger partial charge in [-0.25, -0.2) is 0 Å². The number of ether oxygens (including phenoxy) is 2. The lowest BCUT2D eigenvalue weighted by Crippen LogP contribution is -2.44. The molecule has 0 aliphatic carbocycles. The highest BCUT2D eigenvalue weighted by Gasteiger charge is 2.44. The molecule has 25 heavy (non-hydrogen) atoms. The third-order valence-corrected chi connectivity index (χ3v) is 5.74. The quantitative estimate of drug-likeness (QED) is 0.793. The number of nitrogens with zero attached hydrogens (tertiary/aromatic N) is 2. The number of hydrogen-bond donors (Lipinski definition) is 0. The Morgan fingerprint density at radius 2 is 1.96 bits per heavy atom. The highest BCUT2D eigenvalue weighted by molar-refractivity contribution is 5.76. The van der Waals surface area contributed by atoms with Crippen LogP contribution in [0.15, 0.2) is 30.3 Å². The van der Waals surface area contributed by atoms with E-state index in [2.05, 4.69) is 11.9 Å². The summed E-state index contributed by atoms with van der Waals surface area (Å²) in [6.45, 7) is 4.12. The lowest BCUT2D eigenvalue weighted by atomic mass is 9.76. The Morgan fingerprint density at radius 3 is 2.64 bits per heavy atom. The Morgan fingerprint density at radius 1 is 1.24 bits per heavy atom. The van der Waals surface area contributed by atoms with Gasteiger partial charge in [0.25, 0.3) is 0 Å². The lowest BCUT2D eigenvalue weighted by molar-refractivity contribution is -0.134. The highest BCUT2D eigenvalue weighted by atomic mass is 16.5. The van der Waals surface area contributed by atoms with E-state index in [1.807, 2.05) is 35.2 Å². The summed E-state index contributed by atoms with van der Waals surface area (Å²) in [6, 6.07) is 10.2. The maximum Gasteiger partial charge on any atom is 0.225 e. The molecule has 2 aliphatic rings. The summed E-state index contributed by atoms with van der Waals surface area (Å²) in [5, 5.41) is 0. The molecule has 2 fully saturated rings. The Labute approximate surface area is 150 Å². The summed E-state index contributed by atoms with van der Waals surface area (Å²) < 4.78 is 11.0. The zero-order chi connectivity index (χ0) is 17.7. The van der Waals surface area contributed by atoms with Crippen molar-refractivity contribution in [1.29, 1.82) is 0 Å². The van der Waals surface area contributed by atoms with Gasteiger partial charge in [0.05, 0.1) is 19.6 Å². The Bertz CT molecular complexity index is 555. The van der Waals surface area contributed by atoms with Crippen LogP contribution in [0.3, 0.4) is 0 Å². The van der Waals surface area contributed by atoms with Crippen LogP contribution in [0.5, 0.6) is 5.75 Å². The van der Waals surface area contributed by atoms with Crippen LogP contribution in [-0.2, 0) is 9.53 Å². The van der Waals surface area contributed by atoms with Gasteiger partial charge in [-0.1, -0.05) is 18.2 Å². The first kappa shape index (κ1) is 18.2. The third-order valence-electron chi connectivity index (χ3n) is 5.74. The van der Waals surface area contributed by atoms with E-state index in [4.69, 9.17) is 9.47 Å². The van der Waals surface area contributed by atoms with E-state index < -0.39 is 0 Å². The summed E-state index contributed by atoms with van der Waals surface area (Å²) in [5.74, 6) is 1.04. The number of benzene rings is 1. The fourth-order valence-corrected chi connectivity index (χ4v) is 4.28. The van der Waals surface area contributed by atoms with Crippen molar-refractivity contribution in [3.63, 3.8) is 0 Å². The minimum Gasteiger partial charge on any atom is -0.493 e. The average molecular weight is 346 g/mol. The first-order valence-electron chi connectivity index (χ1n) is 9.27. The molecular formula is C20H30N2O3. The molecule has 0 aromatic heterocycles. The van der Waals surface area contributed by atoms with Crippen molar-refractivity contribution in [1.82, 2.24) is 9.80 Å². The molecule has 138 valence electrons. The van der Waals surface area contributed by atoms with Gasteiger partial charge in [0.1, 0.15) is 5.75 Å². The topological polar surface area (TPSA) is 42.0 Å². The van der Waals surface area contributed by atoms with Crippen LogP contribution >= 0.6 is 0 Å². The number of methoxy groups -OCH3 is 1. The van der Waals surface area contributed by atoms with Crippen molar-refractivity contribution < 1.29 is 14.3 Å². The minimum atomic E-state index is 0.213. The number of amides is 1. The molecule has 1 atom stereocenters. The van der Waals surface area contributed by atoms with Crippen LogP contribution in [0.4, 0.5) is 0 Å². The van der Waals surface area contributed by atoms with Crippen molar-refractivity contribution in [2.45, 2.75) is 31.7 Å². The van der Waals surface area contributed by atoms with Gasteiger partial charge in [-0.05, 0) is 43.9 Å². The number of carbonyl (C=O) groups excluding carboxylic acids is 1. The second-order valence-corrected chi connectivity index (χ2v) is 7.52. The molecule has 0 radical (unpaired) electrons. The monoisotopic (exact) mass is 346 g/mol. The molecule has 2 aliphatic heterocycles. The molecule has 1 amide bonds. The van der Waals surface area contributed by atoms with E-state index in [1.54, 1.807) is 7.11 Å². The zero-order valence-electron chi connectivity index (χ0n) is 15.4. The summed E-state index contributed by atoms with van der Waals surface area (Å²) in [7, 11) is 3.97. The number of carbonyl (C=O) groups is 1. The summed E-state index contributed by atoms with van der Waals surface area (Å²) >= 11 is 0. The molecule has 0 saturated carbocycles. The largest absolute Gasteiger partial charge is 0.493 e. The fourth-order valence-electron chi connectivity index (χ4n) is 4.28. The van der Waals surface area contributed by atoms with Crippen LogP contribution in [0, 0.1) is 5.41 Å². The van der Waals surface area contributed by atoms with Crippen LogP contribution in [-0.4, -0.2) is 68.8 Å². The first-order chi connectivity index (χ1) is 12.1. The van der Waals surface area contributed by atoms with Gasteiger partial charge < -0.3 is 19.3 Å². The lowest BCUT2D eigenvalue weighted by Gasteiger charge is -2.39. The molecule has 3 rings (SSSR count). The smallest absolute Gasteiger partial charge is 0.225 e. The number of rotatable bonds is 6. The van der Waals surface area contributed by atoms with Gasteiger partial charge in [-0.2, -0.15) is 0 Å². The molecule has 0 unspecified atom stereocenters. The van der Waals surface area contributed by atoms with E-state index in [9.17, 15) is 4.79 Å². The number of piperidine rings is 1. The van der Waals surface area contributed by atoms with E-state index >= 15 is 0 Å². The van der Waals surface area contributed by atoms with Gasteiger partial charge in [0.15, 0.2) is 0 Å². The normalized spacial score (nSPS) is 23.1. The summed E-state index contributed by atoms with van der Waals surface area (Å²) in [6.07, 6.45) is 3.84. The zero-order valence-corrected chi connectivity index (χ0v) is 15.4. The predicted octanol–water partition coefficient (Wildman–Crippen LogP) is 2.41. The second-order valence-electron chi connectivity index (χ2n) is 7.52. The van der Waals surface area contributed by atoms with Crippen LogP contribution in [0.1, 0.15) is 25.7 Å². The molecule has 1 aromatic rings. The standard InChI is InChI=1S/C20H30N2O3/c1-21-16-20(14-17(21)15-24-2)9-11-22(12-10-20)19(23)8-13-25-18-6-4-3-5-7-18/h3-7,17H,8-16H2,1-2H3/t17-/m0/s1. The van der Waals surface area contributed by atoms with Crippen molar-refractivity contribution >= 4 is 5.91 Å². The van der Waals surface area contributed by atoms with E-state index in [1.165, 1.54) is 6.42 Å². The maximum atomic E-state index is 12.4. The molecule has 1 aromatic carbocycles. The van der Waals surface area contributed by atoms with Crippen molar-refractivity contribution in [3.8, 4) is 5.75 Å². The minimum absolute atomic E-state index is 0.213. The molecule has 2 heterocycles. The molecule has 1 spiro atoms. The van der Waals surface area contributed by atoms with Gasteiger partial charge in [-0.3, -0.25) is 4.79 Å². The predicted molar refractivity (Wildman–Crippen MR) is 97.7 cm³/mol. The van der Waals surface area contributed by atoms with E-state index in [0.29, 0.717) is 24.5 Å². The first-order valence-corrected chi connectivity index (χ1v) is 9.27. The van der Waals surface area contributed by atoms with Crippen molar-refractivity contribution in [2.24, 2.45) is 5.41 Å². The van der Waals surface area contributed by atoms with Crippen LogP contribution < -0.4 is 4.74 Å². The Kier molecular flexibility index (Phi) is 5.97. The number of para-hydroxylation sites is 1. The average Bonchev–Trinajstić information content (AvgIpc) is 2.92. The van der Waals surface area contributed by atoms with Gasteiger partial charge in [0, 0.05) is 32.8 Å². The summed E-state index contributed by atoms with van der Waals surface area (Å²) in [5.41, 5.74) is 0.370. The van der Waals surface area contributed by atoms with Crippen LogP contribution in [0.25, 0.3) is 0 Å².